The van der Waals surface area contributed by atoms with Gasteiger partial charge >= 0.3 is 5.97 Å². The zero-order valence-corrected chi connectivity index (χ0v) is 12.9. The highest BCUT2D eigenvalue weighted by Crippen LogP contribution is 2.07. The molecule has 2 amide bonds. The molecular formula is C17H16N2O5. The van der Waals surface area contributed by atoms with Crippen molar-refractivity contribution in [1.29, 1.82) is 0 Å². The molecule has 0 aliphatic carbocycles. The molecule has 0 aliphatic heterocycles. The predicted molar refractivity (Wildman–Crippen MR) is 85.8 cm³/mol. The van der Waals surface area contributed by atoms with Gasteiger partial charge in [-0.3, -0.25) is 14.4 Å². The van der Waals surface area contributed by atoms with Crippen LogP contribution >= 0.6 is 0 Å². The molecule has 0 aliphatic rings. The second-order valence-corrected chi connectivity index (χ2v) is 4.93. The van der Waals surface area contributed by atoms with Crippen LogP contribution in [0.15, 0.2) is 58.8 Å². The number of nitrogens with one attached hydrogen (secondary N) is 2. The summed E-state index contributed by atoms with van der Waals surface area (Å²) in [5, 5.41) is 13.6. The van der Waals surface area contributed by atoms with Gasteiger partial charge in [-0.05, 0) is 30.7 Å². The SMILES string of the molecule is C[C@@H](NC(=O)/C(=C\c1ccccc1)NC(=O)c1ccco1)C(=O)O. The van der Waals surface area contributed by atoms with Crippen LogP contribution in [0.5, 0.6) is 0 Å². The van der Waals surface area contributed by atoms with Crippen molar-refractivity contribution in [2.75, 3.05) is 0 Å². The van der Waals surface area contributed by atoms with Crippen LogP contribution in [-0.2, 0) is 9.59 Å². The lowest BCUT2D eigenvalue weighted by molar-refractivity contribution is -0.140. The molecule has 0 saturated heterocycles. The summed E-state index contributed by atoms with van der Waals surface area (Å²) in [7, 11) is 0. The van der Waals surface area contributed by atoms with E-state index < -0.39 is 23.8 Å². The van der Waals surface area contributed by atoms with Crippen molar-refractivity contribution in [3.63, 3.8) is 0 Å². The molecular weight excluding hydrogens is 312 g/mol. The second kappa shape index (κ2) is 7.77. The molecule has 0 radical (unpaired) electrons. The second-order valence-electron chi connectivity index (χ2n) is 4.93. The first-order valence-electron chi connectivity index (χ1n) is 7.12. The predicted octanol–water partition coefficient (Wildman–Crippen LogP) is 1.64. The quantitative estimate of drug-likeness (QED) is 0.699. The number of aliphatic carboxylic acids is 1. The third-order valence-corrected chi connectivity index (χ3v) is 3.07. The highest BCUT2D eigenvalue weighted by Gasteiger charge is 2.20. The fourth-order valence-electron chi connectivity index (χ4n) is 1.80. The Hall–Kier alpha value is -3.35. The number of carbonyl (C=O) groups is 3. The summed E-state index contributed by atoms with van der Waals surface area (Å²) in [5.74, 6) is -2.47. The number of carboxylic acids is 1. The number of furan rings is 1. The third kappa shape index (κ3) is 4.57. The summed E-state index contributed by atoms with van der Waals surface area (Å²) in [4.78, 5) is 35.3. The van der Waals surface area contributed by atoms with Crippen LogP contribution in [0.3, 0.4) is 0 Å². The largest absolute Gasteiger partial charge is 0.480 e. The minimum Gasteiger partial charge on any atom is -0.480 e. The van der Waals surface area contributed by atoms with Gasteiger partial charge in [-0.2, -0.15) is 0 Å². The third-order valence-electron chi connectivity index (χ3n) is 3.07. The fraction of sp³-hybridized carbons (Fsp3) is 0.118. The lowest BCUT2D eigenvalue weighted by Crippen LogP contribution is -2.42. The van der Waals surface area contributed by atoms with E-state index in [0.29, 0.717) is 5.56 Å². The Bertz CT molecular complexity index is 751. The van der Waals surface area contributed by atoms with Gasteiger partial charge in [0.25, 0.3) is 11.8 Å². The van der Waals surface area contributed by atoms with Crippen molar-refractivity contribution >= 4 is 23.9 Å². The van der Waals surface area contributed by atoms with Gasteiger partial charge in [0.1, 0.15) is 11.7 Å². The number of carbonyl (C=O) groups excluding carboxylic acids is 2. The lowest BCUT2D eigenvalue weighted by atomic mass is 10.2. The molecule has 1 aromatic carbocycles. The van der Waals surface area contributed by atoms with Crippen molar-refractivity contribution in [2.24, 2.45) is 0 Å². The van der Waals surface area contributed by atoms with E-state index in [0.717, 1.165) is 0 Å². The first kappa shape index (κ1) is 17.0. The minimum atomic E-state index is -1.18. The zero-order chi connectivity index (χ0) is 17.5. The molecule has 1 aromatic heterocycles. The van der Waals surface area contributed by atoms with Crippen molar-refractivity contribution in [3.05, 3.63) is 65.7 Å². The van der Waals surface area contributed by atoms with Gasteiger partial charge in [-0.25, -0.2) is 0 Å². The van der Waals surface area contributed by atoms with Gasteiger partial charge in [0, 0.05) is 0 Å². The van der Waals surface area contributed by atoms with Crippen molar-refractivity contribution in [2.45, 2.75) is 13.0 Å². The molecule has 0 saturated carbocycles. The molecule has 7 nitrogen and oxygen atoms in total. The van der Waals surface area contributed by atoms with E-state index >= 15 is 0 Å². The maximum Gasteiger partial charge on any atom is 0.325 e. The molecule has 124 valence electrons. The van der Waals surface area contributed by atoms with Gasteiger partial charge in [0.15, 0.2) is 5.76 Å². The van der Waals surface area contributed by atoms with Gasteiger partial charge in [-0.1, -0.05) is 30.3 Å². The van der Waals surface area contributed by atoms with E-state index in [9.17, 15) is 14.4 Å². The summed E-state index contributed by atoms with van der Waals surface area (Å²) >= 11 is 0. The van der Waals surface area contributed by atoms with Crippen LogP contribution in [0.1, 0.15) is 23.0 Å². The van der Waals surface area contributed by atoms with E-state index in [1.807, 2.05) is 6.07 Å². The normalized spacial score (nSPS) is 12.3. The van der Waals surface area contributed by atoms with Crippen LogP contribution in [0, 0.1) is 0 Å². The molecule has 7 heteroatoms. The maximum absolute atomic E-state index is 12.3. The topological polar surface area (TPSA) is 109 Å². The summed E-state index contributed by atoms with van der Waals surface area (Å²) in [6.45, 7) is 1.33. The monoisotopic (exact) mass is 328 g/mol. The van der Waals surface area contributed by atoms with Crippen LogP contribution in [-0.4, -0.2) is 28.9 Å². The molecule has 2 rings (SSSR count). The molecule has 0 spiro atoms. The Labute approximate surface area is 138 Å². The fourth-order valence-corrected chi connectivity index (χ4v) is 1.80. The Morgan fingerprint density at radius 2 is 1.83 bits per heavy atom. The molecule has 24 heavy (non-hydrogen) atoms. The number of amides is 2. The standard InChI is InChI=1S/C17H16N2O5/c1-11(17(22)23)18-15(20)13(10-12-6-3-2-4-7-12)19-16(21)14-8-5-9-24-14/h2-11H,1H3,(H,18,20)(H,19,21)(H,22,23)/b13-10+/t11-/m1/s1. The van der Waals surface area contributed by atoms with Gasteiger partial charge in [-0.15, -0.1) is 0 Å². The van der Waals surface area contributed by atoms with E-state index in [1.165, 1.54) is 25.3 Å². The smallest absolute Gasteiger partial charge is 0.325 e. The molecule has 0 fully saturated rings. The molecule has 1 atom stereocenters. The molecule has 0 bridgehead atoms. The van der Waals surface area contributed by atoms with Crippen LogP contribution in [0.25, 0.3) is 6.08 Å². The Kier molecular flexibility index (Phi) is 5.51. The summed E-state index contributed by atoms with van der Waals surface area (Å²) in [6.07, 6.45) is 2.78. The van der Waals surface area contributed by atoms with E-state index in [4.69, 9.17) is 9.52 Å². The summed E-state index contributed by atoms with van der Waals surface area (Å²) < 4.78 is 4.98. The average Bonchev–Trinajstić information content (AvgIpc) is 3.09. The van der Waals surface area contributed by atoms with Crippen molar-refractivity contribution in [3.8, 4) is 0 Å². The Balaban J connectivity index is 2.24. The Morgan fingerprint density at radius 1 is 1.12 bits per heavy atom. The van der Waals surface area contributed by atoms with Crippen LogP contribution in [0.2, 0.25) is 0 Å². The number of hydrogen-bond acceptors (Lipinski definition) is 4. The van der Waals surface area contributed by atoms with Crippen molar-refractivity contribution in [1.82, 2.24) is 10.6 Å². The maximum atomic E-state index is 12.3. The number of rotatable bonds is 6. The first-order valence-corrected chi connectivity index (χ1v) is 7.12. The van der Waals surface area contributed by atoms with Crippen molar-refractivity contribution < 1.29 is 23.9 Å². The van der Waals surface area contributed by atoms with E-state index in [2.05, 4.69) is 10.6 Å². The minimum absolute atomic E-state index is 0.0352. The molecule has 3 N–H and O–H groups in total. The molecule has 2 aromatic rings. The number of hydrogen-bond donors (Lipinski definition) is 3. The average molecular weight is 328 g/mol. The Morgan fingerprint density at radius 3 is 2.42 bits per heavy atom. The lowest BCUT2D eigenvalue weighted by Gasteiger charge is -2.13. The van der Waals surface area contributed by atoms with E-state index in [1.54, 1.807) is 30.3 Å². The highest BCUT2D eigenvalue weighted by atomic mass is 16.4. The number of carboxylic acid groups (broad SMARTS) is 1. The first-order chi connectivity index (χ1) is 11.5. The summed E-state index contributed by atoms with van der Waals surface area (Å²) in [5.41, 5.74) is 0.584. The zero-order valence-electron chi connectivity index (χ0n) is 12.9. The van der Waals surface area contributed by atoms with Crippen LogP contribution in [0.4, 0.5) is 0 Å². The van der Waals surface area contributed by atoms with Gasteiger partial charge in [0.2, 0.25) is 0 Å². The highest BCUT2D eigenvalue weighted by molar-refractivity contribution is 6.05. The van der Waals surface area contributed by atoms with Gasteiger partial charge < -0.3 is 20.2 Å². The molecule has 0 unspecified atom stereocenters. The number of benzene rings is 1. The summed E-state index contributed by atoms with van der Waals surface area (Å²) in [6, 6.07) is 10.7. The molecule has 1 heterocycles. The van der Waals surface area contributed by atoms with Gasteiger partial charge in [0.05, 0.1) is 6.26 Å². The van der Waals surface area contributed by atoms with Crippen LogP contribution < -0.4 is 10.6 Å². The van der Waals surface area contributed by atoms with E-state index in [-0.39, 0.29) is 11.5 Å².